The fourth-order valence-corrected chi connectivity index (χ4v) is 2.13. The average molecular weight is 308 g/mol. The van der Waals surface area contributed by atoms with Gasteiger partial charge in [-0.05, 0) is 20.0 Å². The van der Waals surface area contributed by atoms with Gasteiger partial charge in [0.1, 0.15) is 0 Å². The zero-order valence-electron chi connectivity index (χ0n) is 11.6. The summed E-state index contributed by atoms with van der Waals surface area (Å²) < 4.78 is 5.22. The summed E-state index contributed by atoms with van der Waals surface area (Å²) >= 11 is 0. The van der Waals surface area contributed by atoms with Crippen LogP contribution in [0.25, 0.3) is 0 Å². The van der Waals surface area contributed by atoms with E-state index in [9.17, 15) is 0 Å². The molecule has 0 spiro atoms. The Kier molecular flexibility index (Phi) is 11.8. The Morgan fingerprint density at radius 2 is 1.53 bits per heavy atom. The van der Waals surface area contributed by atoms with Crippen LogP contribution >= 0.6 is 17.0 Å². The fourth-order valence-electron chi connectivity index (χ4n) is 2.13. The van der Waals surface area contributed by atoms with Crippen molar-refractivity contribution in [2.45, 2.75) is 64.4 Å². The largest absolute Gasteiger partial charge is 0.372 e. The van der Waals surface area contributed by atoms with Crippen LogP contribution in [-0.4, -0.2) is 37.7 Å². The third kappa shape index (κ3) is 11.2. The Balaban J connectivity index is 0.00000256. The molecule has 1 fully saturated rings. The Bertz CT molecular complexity index is 162. The lowest BCUT2D eigenvalue weighted by Crippen LogP contribution is -2.24. The van der Waals surface area contributed by atoms with Crippen molar-refractivity contribution >= 4 is 17.0 Å². The fraction of sp³-hybridized carbons (Fsp3) is 1.00. The van der Waals surface area contributed by atoms with Crippen molar-refractivity contribution < 1.29 is 4.74 Å². The second-order valence-corrected chi connectivity index (χ2v) is 5.19. The van der Waals surface area contributed by atoms with Gasteiger partial charge in [0.05, 0.1) is 12.7 Å². The van der Waals surface area contributed by atoms with E-state index in [1.165, 1.54) is 57.9 Å². The molecule has 1 aliphatic heterocycles. The minimum atomic E-state index is 0. The summed E-state index contributed by atoms with van der Waals surface area (Å²) in [6.45, 7) is 5.65. The van der Waals surface area contributed by atoms with Gasteiger partial charge in [0.2, 0.25) is 0 Å². The predicted molar refractivity (Wildman–Crippen MR) is 80.2 cm³/mol. The number of likely N-dealkylation sites (N-methyl/N-ethyl adjacent to an activating group) is 1. The summed E-state index contributed by atoms with van der Waals surface area (Å²) in [5.74, 6) is 0. The number of nitrogens with zero attached hydrogens (tertiary/aromatic N) is 1. The maximum Gasteiger partial charge on any atom is 0.0936 e. The molecule has 1 saturated heterocycles. The molecular weight excluding hydrogens is 278 g/mol. The highest BCUT2D eigenvalue weighted by atomic mass is 79.9. The van der Waals surface area contributed by atoms with E-state index in [0.29, 0.717) is 6.10 Å². The highest BCUT2D eigenvalue weighted by Crippen LogP contribution is 2.11. The number of epoxide rings is 1. The van der Waals surface area contributed by atoms with E-state index in [1.807, 2.05) is 0 Å². The van der Waals surface area contributed by atoms with Gasteiger partial charge in [-0.2, -0.15) is 0 Å². The Labute approximate surface area is 118 Å². The van der Waals surface area contributed by atoms with E-state index in [2.05, 4.69) is 18.9 Å². The smallest absolute Gasteiger partial charge is 0.0936 e. The summed E-state index contributed by atoms with van der Waals surface area (Å²) in [6, 6.07) is 0. The van der Waals surface area contributed by atoms with Crippen molar-refractivity contribution in [3.8, 4) is 0 Å². The molecule has 0 aliphatic carbocycles. The first kappa shape index (κ1) is 17.4. The van der Waals surface area contributed by atoms with Crippen molar-refractivity contribution in [2.24, 2.45) is 0 Å². The molecule has 104 valence electrons. The van der Waals surface area contributed by atoms with Crippen molar-refractivity contribution in [3.63, 3.8) is 0 Å². The van der Waals surface area contributed by atoms with Crippen LogP contribution in [0.5, 0.6) is 0 Å². The van der Waals surface area contributed by atoms with Gasteiger partial charge in [0.25, 0.3) is 0 Å². The first-order valence-electron chi connectivity index (χ1n) is 7.13. The van der Waals surface area contributed by atoms with Crippen LogP contribution in [0.3, 0.4) is 0 Å². The molecule has 0 bridgehead atoms. The lowest BCUT2D eigenvalue weighted by molar-refractivity contribution is 0.278. The van der Waals surface area contributed by atoms with Crippen molar-refractivity contribution in [3.05, 3.63) is 0 Å². The van der Waals surface area contributed by atoms with Gasteiger partial charge >= 0.3 is 0 Å². The van der Waals surface area contributed by atoms with Crippen molar-refractivity contribution in [2.75, 3.05) is 26.7 Å². The maximum atomic E-state index is 5.22. The summed E-state index contributed by atoms with van der Waals surface area (Å²) in [5.41, 5.74) is 0. The molecule has 1 rings (SSSR count). The molecular formula is C14H30BrNO. The van der Waals surface area contributed by atoms with Crippen LogP contribution in [0.4, 0.5) is 0 Å². The number of halogens is 1. The molecule has 17 heavy (non-hydrogen) atoms. The van der Waals surface area contributed by atoms with E-state index in [-0.39, 0.29) is 17.0 Å². The SMILES string of the molecule is Br.CCCCCCCCCCN(C)CC1CO1. The minimum absolute atomic E-state index is 0. The molecule has 2 nitrogen and oxygen atoms in total. The van der Waals surface area contributed by atoms with Crippen LogP contribution in [0, 0.1) is 0 Å². The summed E-state index contributed by atoms with van der Waals surface area (Å²) in [4.78, 5) is 2.41. The predicted octanol–water partition coefficient (Wildman–Crippen LogP) is 4.04. The first-order valence-corrected chi connectivity index (χ1v) is 7.13. The third-order valence-corrected chi connectivity index (χ3v) is 3.31. The topological polar surface area (TPSA) is 15.8 Å². The molecule has 0 aromatic carbocycles. The second-order valence-electron chi connectivity index (χ2n) is 5.19. The molecule has 1 aliphatic rings. The standard InChI is InChI=1S/C14H29NO.BrH/c1-3-4-5-6-7-8-9-10-11-15(2)12-14-13-16-14;/h14H,3-13H2,1-2H3;1H. The Morgan fingerprint density at radius 3 is 2.06 bits per heavy atom. The van der Waals surface area contributed by atoms with Gasteiger partial charge in [-0.15, -0.1) is 17.0 Å². The normalized spacial score (nSPS) is 18.2. The van der Waals surface area contributed by atoms with E-state index in [4.69, 9.17) is 4.74 Å². The van der Waals surface area contributed by atoms with E-state index < -0.39 is 0 Å². The second kappa shape index (κ2) is 11.5. The molecule has 0 radical (unpaired) electrons. The van der Waals surface area contributed by atoms with Gasteiger partial charge in [-0.25, -0.2) is 0 Å². The van der Waals surface area contributed by atoms with Gasteiger partial charge in [-0.1, -0.05) is 51.9 Å². The van der Waals surface area contributed by atoms with Crippen LogP contribution in [0.15, 0.2) is 0 Å². The third-order valence-electron chi connectivity index (χ3n) is 3.31. The van der Waals surface area contributed by atoms with E-state index in [1.54, 1.807) is 0 Å². The number of hydrogen-bond donors (Lipinski definition) is 0. The number of rotatable bonds is 11. The number of ether oxygens (including phenoxy) is 1. The van der Waals surface area contributed by atoms with E-state index >= 15 is 0 Å². The Morgan fingerprint density at radius 1 is 1.00 bits per heavy atom. The molecule has 0 N–H and O–H groups in total. The van der Waals surface area contributed by atoms with Gasteiger partial charge in [0, 0.05) is 6.54 Å². The van der Waals surface area contributed by atoms with Crippen LogP contribution in [-0.2, 0) is 4.74 Å². The first-order chi connectivity index (χ1) is 7.83. The lowest BCUT2D eigenvalue weighted by atomic mass is 10.1. The molecule has 1 unspecified atom stereocenters. The quantitative estimate of drug-likeness (QED) is 0.423. The molecule has 0 aromatic rings. The van der Waals surface area contributed by atoms with Crippen molar-refractivity contribution in [1.29, 1.82) is 0 Å². The number of unbranched alkanes of at least 4 members (excludes halogenated alkanes) is 7. The van der Waals surface area contributed by atoms with Crippen molar-refractivity contribution in [1.82, 2.24) is 4.90 Å². The maximum absolute atomic E-state index is 5.22. The number of hydrogen-bond acceptors (Lipinski definition) is 2. The molecule has 0 aromatic heterocycles. The van der Waals surface area contributed by atoms with Crippen LogP contribution < -0.4 is 0 Å². The summed E-state index contributed by atoms with van der Waals surface area (Å²) in [5, 5.41) is 0. The zero-order valence-corrected chi connectivity index (χ0v) is 13.3. The van der Waals surface area contributed by atoms with Crippen LogP contribution in [0.1, 0.15) is 58.3 Å². The monoisotopic (exact) mass is 307 g/mol. The minimum Gasteiger partial charge on any atom is -0.372 e. The highest BCUT2D eigenvalue weighted by molar-refractivity contribution is 8.93. The molecule has 0 saturated carbocycles. The summed E-state index contributed by atoms with van der Waals surface area (Å²) in [6.07, 6.45) is 11.8. The Hall–Kier alpha value is 0.400. The average Bonchev–Trinajstić information content (AvgIpc) is 3.06. The highest BCUT2D eigenvalue weighted by Gasteiger charge is 2.23. The van der Waals surface area contributed by atoms with Crippen LogP contribution in [0.2, 0.25) is 0 Å². The molecule has 0 amide bonds. The summed E-state index contributed by atoms with van der Waals surface area (Å²) in [7, 11) is 2.21. The lowest BCUT2D eigenvalue weighted by Gasteiger charge is -2.14. The zero-order chi connectivity index (χ0) is 11.6. The molecule has 1 heterocycles. The van der Waals surface area contributed by atoms with Gasteiger partial charge in [0.15, 0.2) is 0 Å². The van der Waals surface area contributed by atoms with Gasteiger partial charge < -0.3 is 9.64 Å². The van der Waals surface area contributed by atoms with Gasteiger partial charge in [-0.3, -0.25) is 0 Å². The van der Waals surface area contributed by atoms with E-state index in [0.717, 1.165) is 13.2 Å². The molecule has 3 heteroatoms. The molecule has 1 atom stereocenters.